The predicted octanol–water partition coefficient (Wildman–Crippen LogP) is 3.75. The first-order chi connectivity index (χ1) is 18.3. The number of morpholine rings is 1. The number of hydrogen-bond acceptors (Lipinski definition) is 9. The van der Waals surface area contributed by atoms with Crippen LogP contribution < -0.4 is 19.9 Å². The molecule has 0 spiro atoms. The van der Waals surface area contributed by atoms with E-state index in [1.807, 2.05) is 51.1 Å². The fourth-order valence-corrected chi connectivity index (χ4v) is 6.24. The molecule has 2 unspecified atom stereocenters. The fourth-order valence-electron chi connectivity index (χ4n) is 5.01. The van der Waals surface area contributed by atoms with E-state index < -0.39 is 0 Å². The highest BCUT2D eigenvalue weighted by molar-refractivity contribution is 8.26. The van der Waals surface area contributed by atoms with Crippen molar-refractivity contribution in [1.82, 2.24) is 14.3 Å². The molecule has 11 heteroatoms. The number of thioether (sulfide) groups is 1. The molecular formula is C27H26N4O5S2. The maximum Gasteiger partial charge on any atom is 0.267 e. The second kappa shape index (κ2) is 9.72. The Morgan fingerprint density at radius 3 is 2.68 bits per heavy atom. The number of carbonyl (C=O) groups excluding carboxylic acids is 1. The Morgan fingerprint density at radius 1 is 1.13 bits per heavy atom. The molecule has 3 aliphatic rings. The van der Waals surface area contributed by atoms with Crippen LogP contribution in [0, 0.1) is 6.92 Å². The number of anilines is 1. The summed E-state index contributed by atoms with van der Waals surface area (Å²) in [5.41, 5.74) is 2.47. The molecule has 2 atom stereocenters. The molecule has 3 aliphatic heterocycles. The number of nitrogens with zero attached hydrogens (tertiary/aromatic N) is 4. The zero-order valence-electron chi connectivity index (χ0n) is 21.2. The number of rotatable bonds is 4. The van der Waals surface area contributed by atoms with Crippen LogP contribution in [-0.2, 0) is 16.1 Å². The smallest absolute Gasteiger partial charge is 0.267 e. The summed E-state index contributed by atoms with van der Waals surface area (Å²) < 4.78 is 18.7. The van der Waals surface area contributed by atoms with Crippen molar-refractivity contribution in [3.63, 3.8) is 0 Å². The lowest BCUT2D eigenvalue weighted by Gasteiger charge is -2.36. The molecule has 1 amide bonds. The summed E-state index contributed by atoms with van der Waals surface area (Å²) in [6.07, 6.45) is 3.30. The van der Waals surface area contributed by atoms with Crippen LogP contribution in [-0.4, -0.2) is 56.6 Å². The quantitative estimate of drug-likeness (QED) is 0.356. The first-order valence-corrected chi connectivity index (χ1v) is 13.6. The third-order valence-electron chi connectivity index (χ3n) is 6.71. The first kappa shape index (κ1) is 24.9. The van der Waals surface area contributed by atoms with E-state index in [0.29, 0.717) is 50.8 Å². The molecule has 2 saturated heterocycles. The van der Waals surface area contributed by atoms with Crippen molar-refractivity contribution in [2.24, 2.45) is 0 Å². The van der Waals surface area contributed by atoms with E-state index in [9.17, 15) is 9.59 Å². The van der Waals surface area contributed by atoms with E-state index in [0.717, 1.165) is 11.1 Å². The molecule has 9 nitrogen and oxygen atoms in total. The van der Waals surface area contributed by atoms with Crippen LogP contribution in [0.3, 0.4) is 0 Å². The highest BCUT2D eigenvalue weighted by Gasteiger charge is 2.34. The summed E-state index contributed by atoms with van der Waals surface area (Å²) in [6.45, 7) is 7.58. The summed E-state index contributed by atoms with van der Waals surface area (Å²) in [7, 11) is 0. The van der Waals surface area contributed by atoms with E-state index >= 15 is 0 Å². The minimum atomic E-state index is -0.249. The molecular weight excluding hydrogens is 524 g/mol. The van der Waals surface area contributed by atoms with Gasteiger partial charge < -0.3 is 19.1 Å². The topological polar surface area (TPSA) is 85.6 Å². The van der Waals surface area contributed by atoms with Crippen LogP contribution in [0.15, 0.2) is 46.2 Å². The molecule has 0 N–H and O–H groups in total. The van der Waals surface area contributed by atoms with Crippen molar-refractivity contribution in [2.45, 2.75) is 39.5 Å². The van der Waals surface area contributed by atoms with Crippen LogP contribution in [0.2, 0.25) is 0 Å². The highest BCUT2D eigenvalue weighted by Crippen LogP contribution is 2.37. The van der Waals surface area contributed by atoms with Crippen LogP contribution >= 0.6 is 24.0 Å². The van der Waals surface area contributed by atoms with Crippen LogP contribution in [0.1, 0.15) is 30.5 Å². The predicted molar refractivity (Wildman–Crippen MR) is 150 cm³/mol. The Kier molecular flexibility index (Phi) is 6.37. The summed E-state index contributed by atoms with van der Waals surface area (Å²) in [4.78, 5) is 36.2. The van der Waals surface area contributed by atoms with Crippen LogP contribution in [0.5, 0.6) is 11.5 Å². The van der Waals surface area contributed by atoms with Gasteiger partial charge in [-0.3, -0.25) is 18.9 Å². The van der Waals surface area contributed by atoms with Crippen molar-refractivity contribution >= 4 is 51.7 Å². The molecule has 0 saturated carbocycles. The number of benzene rings is 1. The Balaban J connectivity index is 1.39. The van der Waals surface area contributed by atoms with Crippen molar-refractivity contribution < 1.29 is 19.0 Å². The minimum absolute atomic E-state index is 0.0244. The maximum atomic E-state index is 13.8. The Bertz CT molecular complexity index is 1560. The SMILES string of the molecule is Cc1cccn2c(=O)c(C=C3SC(=S)N(Cc4ccc5c(c4)OCO5)C3=O)c(N3CC(C)OC(C)C3)nc12. The normalized spacial score (nSPS) is 22.2. The van der Waals surface area contributed by atoms with Crippen molar-refractivity contribution in [3.8, 4) is 11.5 Å². The summed E-state index contributed by atoms with van der Waals surface area (Å²) in [5.74, 6) is 1.62. The van der Waals surface area contributed by atoms with Gasteiger partial charge in [0.1, 0.15) is 15.8 Å². The summed E-state index contributed by atoms with van der Waals surface area (Å²) in [6, 6.07) is 9.31. The van der Waals surface area contributed by atoms with Gasteiger partial charge in [-0.25, -0.2) is 4.98 Å². The molecule has 1 aromatic carbocycles. The average Bonchev–Trinajstić information content (AvgIpc) is 3.45. The third kappa shape index (κ3) is 4.44. The zero-order chi connectivity index (χ0) is 26.6. The van der Waals surface area contributed by atoms with Gasteiger partial charge in [0.15, 0.2) is 11.5 Å². The molecule has 0 radical (unpaired) electrons. The molecule has 3 aromatic rings. The van der Waals surface area contributed by atoms with E-state index in [4.69, 9.17) is 31.4 Å². The number of hydrogen-bond donors (Lipinski definition) is 0. The zero-order valence-corrected chi connectivity index (χ0v) is 22.8. The average molecular weight is 551 g/mol. The van der Waals surface area contributed by atoms with Crippen LogP contribution in [0.25, 0.3) is 11.7 Å². The third-order valence-corrected chi connectivity index (χ3v) is 8.09. The Labute approximate surface area is 229 Å². The largest absolute Gasteiger partial charge is 0.454 e. The number of ether oxygens (including phenoxy) is 3. The number of aryl methyl sites for hydroxylation is 1. The van der Waals surface area contributed by atoms with Gasteiger partial charge in [-0.05, 0) is 56.2 Å². The second-order valence-electron chi connectivity index (χ2n) is 9.66. The van der Waals surface area contributed by atoms with Gasteiger partial charge in [0.25, 0.3) is 11.5 Å². The number of thiocarbonyl (C=S) groups is 1. The molecule has 0 bridgehead atoms. The van der Waals surface area contributed by atoms with Gasteiger partial charge in [-0.1, -0.05) is 36.1 Å². The number of amides is 1. The minimum Gasteiger partial charge on any atom is -0.454 e. The lowest BCUT2D eigenvalue weighted by atomic mass is 10.1. The van der Waals surface area contributed by atoms with E-state index in [-0.39, 0.29) is 37.0 Å². The molecule has 0 aliphatic carbocycles. The van der Waals surface area contributed by atoms with Gasteiger partial charge in [0.2, 0.25) is 6.79 Å². The summed E-state index contributed by atoms with van der Waals surface area (Å²) in [5, 5.41) is 0. The lowest BCUT2D eigenvalue weighted by molar-refractivity contribution is -0.122. The van der Waals surface area contributed by atoms with Gasteiger partial charge in [0, 0.05) is 19.3 Å². The molecule has 2 fully saturated rings. The van der Waals surface area contributed by atoms with E-state index in [1.54, 1.807) is 12.3 Å². The van der Waals surface area contributed by atoms with Gasteiger partial charge in [-0.15, -0.1) is 0 Å². The lowest BCUT2D eigenvalue weighted by Crippen LogP contribution is -2.46. The highest BCUT2D eigenvalue weighted by atomic mass is 32.2. The summed E-state index contributed by atoms with van der Waals surface area (Å²) >= 11 is 6.76. The standard InChI is InChI=1S/C27H26N4O5S2/c1-15-5-4-8-30-23(15)28-24(29-11-16(2)36-17(3)12-29)19(25(30)32)10-22-26(33)31(27(37)38-22)13-18-6-7-20-21(9-18)35-14-34-20/h4-10,16-17H,11-14H2,1-3H3. The van der Waals surface area contributed by atoms with Gasteiger partial charge in [0.05, 0.1) is 29.2 Å². The van der Waals surface area contributed by atoms with Crippen LogP contribution in [0.4, 0.5) is 5.82 Å². The molecule has 38 heavy (non-hydrogen) atoms. The number of carbonyl (C=O) groups is 1. The van der Waals surface area contributed by atoms with Crippen molar-refractivity contribution in [3.05, 3.63) is 68.5 Å². The monoisotopic (exact) mass is 550 g/mol. The van der Waals surface area contributed by atoms with E-state index in [2.05, 4.69) is 4.90 Å². The molecule has 5 heterocycles. The van der Waals surface area contributed by atoms with Crippen molar-refractivity contribution in [1.29, 1.82) is 0 Å². The molecule has 2 aromatic heterocycles. The van der Waals surface area contributed by atoms with Crippen molar-refractivity contribution in [2.75, 3.05) is 24.8 Å². The number of pyridine rings is 1. The van der Waals surface area contributed by atoms with E-state index in [1.165, 1.54) is 21.1 Å². The number of aromatic nitrogens is 2. The fraction of sp³-hybridized carbons (Fsp3) is 0.333. The maximum absolute atomic E-state index is 13.8. The Morgan fingerprint density at radius 2 is 1.89 bits per heavy atom. The molecule has 6 rings (SSSR count). The van der Waals surface area contributed by atoms with Gasteiger partial charge >= 0.3 is 0 Å². The Hall–Kier alpha value is -3.41. The molecule has 196 valence electrons. The first-order valence-electron chi connectivity index (χ1n) is 12.3. The second-order valence-corrected chi connectivity index (χ2v) is 11.3. The van der Waals surface area contributed by atoms with Gasteiger partial charge in [-0.2, -0.15) is 0 Å². The number of fused-ring (bicyclic) bond motifs is 2.